The summed E-state index contributed by atoms with van der Waals surface area (Å²) in [5.74, 6) is 0.396. The number of allylic oxidation sites excluding steroid dienone is 1. The quantitative estimate of drug-likeness (QED) is 0.620. The molecule has 0 aromatic carbocycles. The van der Waals surface area contributed by atoms with E-state index in [1.807, 2.05) is 12.2 Å². The fraction of sp³-hybridized carbons (Fsp3) is 0.412. The highest BCUT2D eigenvalue weighted by atomic mass is 32.1. The molecule has 0 unspecified atom stereocenters. The topological polar surface area (TPSA) is 121 Å². The largest absolute Gasteiger partial charge is 0.368 e. The van der Waals surface area contributed by atoms with E-state index in [0.29, 0.717) is 24.1 Å². The first-order valence-corrected chi connectivity index (χ1v) is 9.90. The zero-order valence-corrected chi connectivity index (χ0v) is 16.6. The minimum absolute atomic E-state index is 0.0742. The second-order valence-electron chi connectivity index (χ2n) is 6.66. The monoisotopic (exact) mass is 419 g/mol. The number of fused-ring (bicyclic) bond motifs is 1. The number of rotatable bonds is 6. The third-order valence-corrected chi connectivity index (χ3v) is 5.14. The SMILES string of the molecule is CN(Cc1nsc(NC(=O)NCC2=CC3=CNON3C=C2)n1)C(=O)[C@H]1CCCO1. The molecule has 154 valence electrons. The van der Waals surface area contributed by atoms with Gasteiger partial charge in [0.2, 0.25) is 5.13 Å². The average molecular weight is 419 g/mol. The number of likely N-dealkylation sites (N-methyl/N-ethyl adjacent to an activating group) is 1. The normalized spacial score (nSPS) is 19.9. The van der Waals surface area contributed by atoms with Crippen molar-refractivity contribution in [3.05, 3.63) is 41.6 Å². The van der Waals surface area contributed by atoms with Gasteiger partial charge in [0.25, 0.3) is 5.91 Å². The lowest BCUT2D eigenvalue weighted by molar-refractivity contribution is -0.140. The number of aromatic nitrogens is 2. The molecule has 0 spiro atoms. The van der Waals surface area contributed by atoms with Crippen molar-refractivity contribution in [3.8, 4) is 0 Å². The Labute approximate surface area is 171 Å². The fourth-order valence-electron chi connectivity index (χ4n) is 2.99. The number of nitrogens with one attached hydrogen (secondary N) is 3. The van der Waals surface area contributed by atoms with Gasteiger partial charge in [-0.15, -0.1) is 0 Å². The van der Waals surface area contributed by atoms with Gasteiger partial charge in [-0.25, -0.2) is 20.3 Å². The number of carbonyl (C=O) groups excluding carboxylic acids is 2. The Bertz CT molecular complexity index is 875. The van der Waals surface area contributed by atoms with Crippen LogP contribution >= 0.6 is 11.5 Å². The van der Waals surface area contributed by atoms with E-state index in [1.54, 1.807) is 29.4 Å². The van der Waals surface area contributed by atoms with E-state index >= 15 is 0 Å². The van der Waals surface area contributed by atoms with Gasteiger partial charge in [0, 0.05) is 37.9 Å². The van der Waals surface area contributed by atoms with Crippen molar-refractivity contribution >= 4 is 28.6 Å². The summed E-state index contributed by atoms with van der Waals surface area (Å²) in [7, 11) is 1.69. The van der Waals surface area contributed by atoms with E-state index in [9.17, 15) is 9.59 Å². The van der Waals surface area contributed by atoms with Gasteiger partial charge < -0.3 is 15.0 Å². The molecule has 0 bridgehead atoms. The molecule has 1 fully saturated rings. The van der Waals surface area contributed by atoms with Gasteiger partial charge in [-0.1, -0.05) is 0 Å². The van der Waals surface area contributed by atoms with Crippen LogP contribution in [0.4, 0.5) is 9.93 Å². The van der Waals surface area contributed by atoms with E-state index in [2.05, 4.69) is 25.5 Å². The van der Waals surface area contributed by atoms with Crippen molar-refractivity contribution < 1.29 is 19.3 Å². The zero-order valence-electron chi connectivity index (χ0n) is 15.8. The predicted octanol–water partition coefficient (Wildman–Crippen LogP) is 0.844. The number of hydrogen-bond donors (Lipinski definition) is 3. The van der Waals surface area contributed by atoms with Gasteiger partial charge in [0.1, 0.15) is 6.10 Å². The van der Waals surface area contributed by atoms with E-state index in [0.717, 1.165) is 35.6 Å². The van der Waals surface area contributed by atoms with Crippen LogP contribution in [0, 0.1) is 0 Å². The highest BCUT2D eigenvalue weighted by Gasteiger charge is 2.27. The summed E-state index contributed by atoms with van der Waals surface area (Å²) in [6, 6.07) is -0.386. The van der Waals surface area contributed by atoms with Crippen molar-refractivity contribution in [2.24, 2.45) is 0 Å². The number of urea groups is 1. The summed E-state index contributed by atoms with van der Waals surface area (Å²) >= 11 is 1.07. The van der Waals surface area contributed by atoms with Gasteiger partial charge in [0.05, 0.1) is 18.4 Å². The van der Waals surface area contributed by atoms with Gasteiger partial charge in [-0.3, -0.25) is 10.1 Å². The molecular weight excluding hydrogens is 398 g/mol. The third kappa shape index (κ3) is 4.72. The van der Waals surface area contributed by atoms with Crippen LogP contribution in [-0.2, 0) is 21.0 Å². The van der Waals surface area contributed by atoms with Crippen molar-refractivity contribution in [2.75, 3.05) is 25.5 Å². The Balaban J connectivity index is 1.24. The third-order valence-electron chi connectivity index (χ3n) is 4.47. The molecule has 3 N–H and O–H groups in total. The molecule has 3 aliphatic heterocycles. The zero-order chi connectivity index (χ0) is 20.2. The Morgan fingerprint density at radius 2 is 2.38 bits per heavy atom. The van der Waals surface area contributed by atoms with Crippen LogP contribution in [0.25, 0.3) is 0 Å². The second kappa shape index (κ2) is 8.59. The number of anilines is 1. The first-order chi connectivity index (χ1) is 14.1. The maximum atomic E-state index is 12.3. The number of carbonyl (C=O) groups is 2. The summed E-state index contributed by atoms with van der Waals surface area (Å²) < 4.78 is 9.61. The summed E-state index contributed by atoms with van der Waals surface area (Å²) in [5.41, 5.74) is 4.41. The molecule has 1 aromatic rings. The number of hydrogen-bond acceptors (Lipinski definition) is 9. The fourth-order valence-corrected chi connectivity index (χ4v) is 3.57. The molecule has 0 radical (unpaired) electrons. The highest BCUT2D eigenvalue weighted by molar-refractivity contribution is 7.09. The molecule has 1 aromatic heterocycles. The Hall–Kier alpha value is -2.96. The van der Waals surface area contributed by atoms with E-state index in [4.69, 9.17) is 9.68 Å². The maximum Gasteiger partial charge on any atom is 0.321 e. The summed E-state index contributed by atoms with van der Waals surface area (Å²) in [6.07, 6.45) is 8.47. The maximum absolute atomic E-state index is 12.3. The Morgan fingerprint density at radius 1 is 1.48 bits per heavy atom. The number of hydroxylamine groups is 3. The molecule has 3 aliphatic rings. The standard InChI is InChI=1S/C17H21N7O4S/c1-23(15(25)13-3-2-6-27-13)10-14-20-17(29-22-14)21-16(26)18-8-11-4-5-24-12(7-11)9-19-28-24/h4-5,7,9,13,19H,2-3,6,8,10H2,1H3,(H2,18,20,21,22,26)/t13-/m1/s1. The second-order valence-corrected chi connectivity index (χ2v) is 7.41. The molecule has 0 saturated carbocycles. The number of nitrogens with zero attached hydrogens (tertiary/aromatic N) is 4. The van der Waals surface area contributed by atoms with Crippen LogP contribution in [0.1, 0.15) is 18.7 Å². The minimum Gasteiger partial charge on any atom is -0.368 e. The molecule has 11 nitrogen and oxygen atoms in total. The predicted molar refractivity (Wildman–Crippen MR) is 104 cm³/mol. The van der Waals surface area contributed by atoms with E-state index in [1.165, 1.54) is 0 Å². The molecule has 0 aliphatic carbocycles. The highest BCUT2D eigenvalue weighted by Crippen LogP contribution is 2.19. The molecule has 1 atom stereocenters. The van der Waals surface area contributed by atoms with Gasteiger partial charge in [-0.2, -0.15) is 9.31 Å². The smallest absolute Gasteiger partial charge is 0.321 e. The summed E-state index contributed by atoms with van der Waals surface area (Å²) in [5, 5.41) is 7.37. The van der Waals surface area contributed by atoms with Crippen LogP contribution in [0.15, 0.2) is 35.8 Å². The van der Waals surface area contributed by atoms with Crippen LogP contribution in [-0.4, -0.2) is 57.6 Å². The Morgan fingerprint density at radius 3 is 3.21 bits per heavy atom. The molecule has 4 heterocycles. The first kappa shape index (κ1) is 19.4. The van der Waals surface area contributed by atoms with Gasteiger partial charge in [0.15, 0.2) is 5.82 Å². The van der Waals surface area contributed by atoms with E-state index in [-0.39, 0.29) is 24.6 Å². The van der Waals surface area contributed by atoms with E-state index < -0.39 is 0 Å². The van der Waals surface area contributed by atoms with Crippen molar-refractivity contribution in [1.82, 2.24) is 30.1 Å². The van der Waals surface area contributed by atoms with Crippen molar-refractivity contribution in [1.29, 1.82) is 0 Å². The van der Waals surface area contributed by atoms with Crippen LogP contribution in [0.5, 0.6) is 0 Å². The van der Waals surface area contributed by atoms with Crippen molar-refractivity contribution in [3.63, 3.8) is 0 Å². The van der Waals surface area contributed by atoms with Crippen LogP contribution in [0.2, 0.25) is 0 Å². The lowest BCUT2D eigenvalue weighted by atomic mass is 10.2. The first-order valence-electron chi connectivity index (χ1n) is 9.13. The molecule has 29 heavy (non-hydrogen) atoms. The molecule has 1 saturated heterocycles. The number of amides is 3. The lowest BCUT2D eigenvalue weighted by Crippen LogP contribution is -2.35. The van der Waals surface area contributed by atoms with Crippen LogP contribution in [0.3, 0.4) is 0 Å². The van der Waals surface area contributed by atoms with Gasteiger partial charge in [-0.05, 0) is 30.6 Å². The van der Waals surface area contributed by atoms with Gasteiger partial charge >= 0.3 is 6.03 Å². The molecule has 4 rings (SSSR count). The molecular formula is C17H21N7O4S. The average Bonchev–Trinajstić information content (AvgIpc) is 3.47. The van der Waals surface area contributed by atoms with Crippen molar-refractivity contribution in [2.45, 2.75) is 25.5 Å². The number of ether oxygens (including phenoxy) is 1. The Kier molecular flexibility index (Phi) is 5.74. The summed E-state index contributed by atoms with van der Waals surface area (Å²) in [4.78, 5) is 35.3. The van der Waals surface area contributed by atoms with Crippen LogP contribution < -0.4 is 16.1 Å². The lowest BCUT2D eigenvalue weighted by Gasteiger charge is -2.18. The molecule has 3 amide bonds. The molecule has 12 heteroatoms. The summed E-state index contributed by atoms with van der Waals surface area (Å²) in [6.45, 7) is 1.23. The minimum atomic E-state index is -0.386.